The van der Waals surface area contributed by atoms with Gasteiger partial charge in [-0.2, -0.15) is 0 Å². The van der Waals surface area contributed by atoms with E-state index in [0.29, 0.717) is 5.56 Å². The first-order valence-corrected chi connectivity index (χ1v) is 8.33. The molecule has 1 saturated carbocycles. The number of esters is 1. The molecule has 4 rings (SSSR count). The van der Waals surface area contributed by atoms with Crippen molar-refractivity contribution in [2.24, 2.45) is 11.8 Å². The van der Waals surface area contributed by atoms with Crippen molar-refractivity contribution in [2.45, 2.75) is 18.4 Å². The molecule has 2 aromatic carbocycles. The van der Waals surface area contributed by atoms with E-state index in [1.54, 1.807) is 0 Å². The van der Waals surface area contributed by atoms with Crippen LogP contribution < -0.4 is 0 Å². The minimum Gasteiger partial charge on any atom is -0.449 e. The molecule has 2 bridgehead atoms. The first kappa shape index (κ1) is 15.6. The van der Waals surface area contributed by atoms with Crippen LogP contribution in [0, 0.1) is 22.0 Å². The van der Waals surface area contributed by atoms with E-state index in [4.69, 9.17) is 4.74 Å². The Morgan fingerprint density at radius 2 is 1.60 bits per heavy atom. The van der Waals surface area contributed by atoms with E-state index >= 15 is 0 Å². The summed E-state index contributed by atoms with van der Waals surface area (Å²) in [5.74, 6) is -0.108. The molecular formula is C20H17NO4. The summed E-state index contributed by atoms with van der Waals surface area (Å²) in [4.78, 5) is 23.0. The van der Waals surface area contributed by atoms with Gasteiger partial charge in [0.25, 0.3) is 5.69 Å². The first-order chi connectivity index (χ1) is 12.1. The molecule has 0 amide bonds. The van der Waals surface area contributed by atoms with Crippen LogP contribution in [0.25, 0.3) is 0 Å². The summed E-state index contributed by atoms with van der Waals surface area (Å²) in [5, 5.41) is 10.8. The fourth-order valence-corrected chi connectivity index (χ4v) is 4.08. The zero-order valence-corrected chi connectivity index (χ0v) is 13.5. The van der Waals surface area contributed by atoms with Crippen LogP contribution in [0.3, 0.4) is 0 Å². The number of carbonyl (C=O) groups is 1. The molecule has 2 unspecified atom stereocenters. The predicted molar refractivity (Wildman–Crippen MR) is 92.0 cm³/mol. The summed E-state index contributed by atoms with van der Waals surface area (Å²) in [6, 6.07) is 15.4. The topological polar surface area (TPSA) is 69.4 Å². The summed E-state index contributed by atoms with van der Waals surface area (Å²) in [5.41, 5.74) is 0.618. The summed E-state index contributed by atoms with van der Waals surface area (Å²) in [6.07, 6.45) is 6.27. The van der Waals surface area contributed by atoms with Crippen molar-refractivity contribution >= 4 is 11.7 Å². The molecule has 0 heterocycles. The number of fused-ring (bicyclic) bond motifs is 2. The zero-order chi connectivity index (χ0) is 17.4. The highest BCUT2D eigenvalue weighted by Gasteiger charge is 2.55. The number of hydrogen-bond donors (Lipinski definition) is 0. The molecule has 126 valence electrons. The van der Waals surface area contributed by atoms with E-state index in [9.17, 15) is 14.9 Å². The third-order valence-electron chi connectivity index (χ3n) is 5.27. The van der Waals surface area contributed by atoms with Crippen LogP contribution in [0.5, 0.6) is 0 Å². The van der Waals surface area contributed by atoms with E-state index in [1.807, 2.05) is 30.3 Å². The smallest absolute Gasteiger partial charge is 0.339 e. The van der Waals surface area contributed by atoms with Crippen LogP contribution in [0.2, 0.25) is 0 Å². The number of hydrogen-bond acceptors (Lipinski definition) is 4. The van der Waals surface area contributed by atoms with Gasteiger partial charge >= 0.3 is 5.97 Å². The number of nitro groups is 1. The number of carbonyl (C=O) groups excluding carboxylic acids is 1. The van der Waals surface area contributed by atoms with Crippen LogP contribution in [0.15, 0.2) is 66.7 Å². The van der Waals surface area contributed by atoms with Gasteiger partial charge in [-0.3, -0.25) is 10.1 Å². The van der Waals surface area contributed by atoms with Gasteiger partial charge in [0.1, 0.15) is 5.60 Å². The van der Waals surface area contributed by atoms with Gasteiger partial charge in [-0.25, -0.2) is 4.79 Å². The Morgan fingerprint density at radius 3 is 2.12 bits per heavy atom. The SMILES string of the molecule is O=C(OC1(c2ccccc2)C2C=CC1CC2)c1ccc([N+](=O)[O-])cc1. The second kappa shape index (κ2) is 5.84. The number of nitrogens with zero attached hydrogens (tertiary/aromatic N) is 1. The molecule has 25 heavy (non-hydrogen) atoms. The molecule has 2 aliphatic carbocycles. The van der Waals surface area contributed by atoms with Gasteiger partial charge in [0.15, 0.2) is 0 Å². The van der Waals surface area contributed by atoms with Crippen molar-refractivity contribution in [3.05, 3.63) is 88.0 Å². The molecule has 1 fully saturated rings. The molecule has 5 heteroatoms. The van der Waals surface area contributed by atoms with Crippen molar-refractivity contribution in [3.63, 3.8) is 0 Å². The second-order valence-electron chi connectivity index (χ2n) is 6.53. The van der Waals surface area contributed by atoms with Gasteiger partial charge in [-0.05, 0) is 30.5 Å². The van der Waals surface area contributed by atoms with Gasteiger partial charge in [0.05, 0.1) is 10.5 Å². The molecule has 2 atom stereocenters. The van der Waals surface area contributed by atoms with E-state index in [0.717, 1.165) is 18.4 Å². The lowest BCUT2D eigenvalue weighted by molar-refractivity contribution is -0.384. The van der Waals surface area contributed by atoms with E-state index in [1.165, 1.54) is 24.3 Å². The van der Waals surface area contributed by atoms with E-state index in [2.05, 4.69) is 12.2 Å². The van der Waals surface area contributed by atoms with E-state index in [-0.39, 0.29) is 17.5 Å². The zero-order valence-electron chi connectivity index (χ0n) is 13.5. The van der Waals surface area contributed by atoms with Crippen molar-refractivity contribution < 1.29 is 14.5 Å². The molecule has 0 radical (unpaired) electrons. The standard InChI is InChI=1S/C20H17NO4/c22-19(14-6-12-18(13-7-14)21(23)24)25-20(15-4-2-1-3-5-15)16-8-9-17(20)11-10-16/h1-9,12-13,16-17H,10-11H2. The maximum Gasteiger partial charge on any atom is 0.339 e. The highest BCUT2D eigenvalue weighted by atomic mass is 16.6. The minimum atomic E-state index is -0.667. The number of benzene rings is 2. The number of ether oxygens (including phenoxy) is 1. The largest absolute Gasteiger partial charge is 0.449 e. The second-order valence-corrected chi connectivity index (χ2v) is 6.53. The summed E-state index contributed by atoms with van der Waals surface area (Å²) in [7, 11) is 0. The quantitative estimate of drug-likeness (QED) is 0.363. The Kier molecular flexibility index (Phi) is 3.64. The maximum absolute atomic E-state index is 12.8. The van der Waals surface area contributed by atoms with Gasteiger partial charge in [-0.1, -0.05) is 42.5 Å². The Morgan fingerprint density at radius 1 is 1.00 bits per heavy atom. The Hall–Kier alpha value is -2.95. The average molecular weight is 335 g/mol. The number of non-ortho nitro benzene ring substituents is 1. The van der Waals surface area contributed by atoms with Crippen molar-refractivity contribution in [2.75, 3.05) is 0 Å². The van der Waals surface area contributed by atoms with Crippen LogP contribution >= 0.6 is 0 Å². The lowest BCUT2D eigenvalue weighted by Crippen LogP contribution is -2.37. The lowest BCUT2D eigenvalue weighted by Gasteiger charge is -2.35. The van der Waals surface area contributed by atoms with Crippen molar-refractivity contribution in [1.82, 2.24) is 0 Å². The van der Waals surface area contributed by atoms with Gasteiger partial charge in [0, 0.05) is 24.0 Å². The van der Waals surface area contributed by atoms with Crippen LogP contribution in [-0.4, -0.2) is 10.9 Å². The molecule has 5 nitrogen and oxygen atoms in total. The predicted octanol–water partition coefficient (Wildman–Crippen LogP) is 4.24. The van der Waals surface area contributed by atoms with Gasteiger partial charge in [-0.15, -0.1) is 0 Å². The third kappa shape index (κ3) is 2.43. The van der Waals surface area contributed by atoms with Crippen LogP contribution in [0.4, 0.5) is 5.69 Å². The number of nitro benzene ring substituents is 1. The molecule has 2 aliphatic rings. The molecule has 0 aliphatic heterocycles. The Bertz CT molecular complexity index is 828. The molecule has 2 aromatic rings. The Labute approximate surface area is 145 Å². The van der Waals surface area contributed by atoms with Gasteiger partial charge < -0.3 is 4.74 Å². The molecule has 0 N–H and O–H groups in total. The normalized spacial score (nSPS) is 26.6. The van der Waals surface area contributed by atoms with Crippen molar-refractivity contribution in [1.29, 1.82) is 0 Å². The van der Waals surface area contributed by atoms with Crippen molar-refractivity contribution in [3.8, 4) is 0 Å². The van der Waals surface area contributed by atoms with Gasteiger partial charge in [0.2, 0.25) is 0 Å². The summed E-state index contributed by atoms with van der Waals surface area (Å²) in [6.45, 7) is 0. The minimum absolute atomic E-state index is 0.0445. The number of rotatable bonds is 4. The summed E-state index contributed by atoms with van der Waals surface area (Å²) >= 11 is 0. The maximum atomic E-state index is 12.8. The molecular weight excluding hydrogens is 318 g/mol. The first-order valence-electron chi connectivity index (χ1n) is 8.33. The van der Waals surface area contributed by atoms with E-state index < -0.39 is 16.5 Å². The highest BCUT2D eigenvalue weighted by Crippen LogP contribution is 2.56. The lowest BCUT2D eigenvalue weighted by atomic mass is 9.82. The fourth-order valence-electron chi connectivity index (χ4n) is 4.08. The molecule has 0 aromatic heterocycles. The monoisotopic (exact) mass is 335 g/mol. The highest BCUT2D eigenvalue weighted by molar-refractivity contribution is 5.90. The van der Waals surface area contributed by atoms with Crippen LogP contribution in [0.1, 0.15) is 28.8 Å². The molecule has 0 saturated heterocycles. The average Bonchev–Trinajstić information content (AvgIpc) is 3.17. The fraction of sp³-hybridized carbons (Fsp3) is 0.250. The molecule has 0 spiro atoms. The Balaban J connectivity index is 1.66. The summed E-state index contributed by atoms with van der Waals surface area (Å²) < 4.78 is 6.09. The van der Waals surface area contributed by atoms with Crippen LogP contribution in [-0.2, 0) is 10.3 Å². The third-order valence-corrected chi connectivity index (χ3v) is 5.27.